The predicted octanol–water partition coefficient (Wildman–Crippen LogP) is 4.22. The summed E-state index contributed by atoms with van der Waals surface area (Å²) in [5.41, 5.74) is 0.815. The Labute approximate surface area is 125 Å². The van der Waals surface area contributed by atoms with Crippen LogP contribution in [0.5, 0.6) is 0 Å². The van der Waals surface area contributed by atoms with Gasteiger partial charge >= 0.3 is 5.97 Å². The maximum atomic E-state index is 11.5. The summed E-state index contributed by atoms with van der Waals surface area (Å²) in [6, 6.07) is 5.35. The zero-order valence-corrected chi connectivity index (χ0v) is 12.5. The van der Waals surface area contributed by atoms with E-state index in [1.54, 1.807) is 25.1 Å². The van der Waals surface area contributed by atoms with E-state index in [2.05, 4.69) is 4.98 Å². The van der Waals surface area contributed by atoms with E-state index in [4.69, 9.17) is 27.9 Å². The number of hydrogen-bond donors (Lipinski definition) is 0. The first kappa shape index (κ1) is 14.3. The fourth-order valence-electron chi connectivity index (χ4n) is 1.54. The van der Waals surface area contributed by atoms with Gasteiger partial charge in [-0.2, -0.15) is 0 Å². The van der Waals surface area contributed by atoms with Crippen molar-refractivity contribution >= 4 is 40.5 Å². The molecule has 0 spiro atoms. The quantitative estimate of drug-likeness (QED) is 0.793. The Morgan fingerprint density at radius 1 is 1.37 bits per heavy atom. The number of thiazole rings is 1. The number of carbonyl (C=O) groups excluding carboxylic acids is 1. The van der Waals surface area contributed by atoms with Crippen LogP contribution in [-0.2, 0) is 11.2 Å². The van der Waals surface area contributed by atoms with Crippen molar-refractivity contribution in [2.75, 3.05) is 6.61 Å². The number of ether oxygens (including phenoxy) is 1. The molecule has 0 bridgehead atoms. The van der Waals surface area contributed by atoms with E-state index in [0.717, 1.165) is 10.6 Å². The number of rotatable bonds is 4. The van der Waals surface area contributed by atoms with E-state index in [-0.39, 0.29) is 5.97 Å². The number of carbonyl (C=O) groups is 1. The van der Waals surface area contributed by atoms with Crippen molar-refractivity contribution in [2.24, 2.45) is 0 Å². The van der Waals surface area contributed by atoms with Gasteiger partial charge in [-0.25, -0.2) is 9.78 Å². The number of hydrogen-bond acceptors (Lipinski definition) is 4. The Morgan fingerprint density at radius 3 is 2.68 bits per heavy atom. The molecule has 0 saturated heterocycles. The van der Waals surface area contributed by atoms with Crippen LogP contribution < -0.4 is 0 Å². The topological polar surface area (TPSA) is 39.2 Å². The molecule has 0 N–H and O–H groups in total. The molecule has 0 aliphatic heterocycles. The van der Waals surface area contributed by atoms with E-state index in [1.165, 1.54) is 17.5 Å². The van der Waals surface area contributed by atoms with Crippen molar-refractivity contribution in [3.8, 4) is 0 Å². The smallest absolute Gasteiger partial charge is 0.349 e. The van der Waals surface area contributed by atoms with E-state index in [0.29, 0.717) is 28.0 Å². The monoisotopic (exact) mass is 315 g/mol. The summed E-state index contributed by atoms with van der Waals surface area (Å²) in [4.78, 5) is 16.2. The van der Waals surface area contributed by atoms with Crippen LogP contribution in [0.15, 0.2) is 24.4 Å². The number of benzene rings is 1. The van der Waals surface area contributed by atoms with Crippen molar-refractivity contribution < 1.29 is 9.53 Å². The molecule has 2 rings (SSSR count). The van der Waals surface area contributed by atoms with Crippen LogP contribution in [0.4, 0.5) is 0 Å². The normalized spacial score (nSPS) is 10.5. The van der Waals surface area contributed by atoms with Crippen LogP contribution >= 0.6 is 34.5 Å². The van der Waals surface area contributed by atoms with Gasteiger partial charge in [0.05, 0.1) is 17.8 Å². The molecule has 0 radical (unpaired) electrons. The lowest BCUT2D eigenvalue weighted by Crippen LogP contribution is -2.01. The Hall–Kier alpha value is -1.10. The zero-order valence-electron chi connectivity index (χ0n) is 10.2. The molecule has 1 aromatic carbocycles. The molecule has 6 heteroatoms. The molecule has 100 valence electrons. The first-order valence-corrected chi connectivity index (χ1v) is 7.23. The molecule has 19 heavy (non-hydrogen) atoms. The zero-order chi connectivity index (χ0) is 13.8. The molecule has 1 heterocycles. The largest absolute Gasteiger partial charge is 0.462 e. The fraction of sp³-hybridized carbons (Fsp3) is 0.231. The lowest BCUT2D eigenvalue weighted by molar-refractivity contribution is 0.0532. The van der Waals surface area contributed by atoms with Gasteiger partial charge in [-0.05, 0) is 24.6 Å². The highest BCUT2D eigenvalue weighted by Crippen LogP contribution is 2.28. The number of aromatic nitrogens is 1. The molecule has 3 nitrogen and oxygen atoms in total. The summed E-state index contributed by atoms with van der Waals surface area (Å²) in [5, 5.41) is 1.97. The van der Waals surface area contributed by atoms with Gasteiger partial charge in [-0.3, -0.25) is 0 Å². The molecule has 2 aromatic rings. The van der Waals surface area contributed by atoms with Crippen LogP contribution in [0.2, 0.25) is 10.0 Å². The third kappa shape index (κ3) is 3.47. The highest BCUT2D eigenvalue weighted by atomic mass is 35.5. The van der Waals surface area contributed by atoms with Gasteiger partial charge in [0.15, 0.2) is 0 Å². The van der Waals surface area contributed by atoms with Crippen molar-refractivity contribution in [3.63, 3.8) is 0 Å². The minimum atomic E-state index is -0.350. The lowest BCUT2D eigenvalue weighted by atomic mass is 10.1. The minimum Gasteiger partial charge on any atom is -0.462 e. The first-order valence-electron chi connectivity index (χ1n) is 5.66. The summed E-state index contributed by atoms with van der Waals surface area (Å²) >= 11 is 13.5. The SMILES string of the molecule is CCOC(=O)c1cnc(Cc2c(Cl)cccc2Cl)s1. The summed E-state index contributed by atoms with van der Waals surface area (Å²) in [5.74, 6) is -0.350. The Morgan fingerprint density at radius 2 is 2.05 bits per heavy atom. The molecular weight excluding hydrogens is 305 g/mol. The maximum absolute atomic E-state index is 11.5. The molecule has 1 aromatic heterocycles. The van der Waals surface area contributed by atoms with Gasteiger partial charge < -0.3 is 4.74 Å². The van der Waals surface area contributed by atoms with Crippen LogP contribution in [0.25, 0.3) is 0 Å². The summed E-state index contributed by atoms with van der Waals surface area (Å²) in [6.07, 6.45) is 2.02. The van der Waals surface area contributed by atoms with Crippen LogP contribution in [0, 0.1) is 0 Å². The van der Waals surface area contributed by atoms with E-state index >= 15 is 0 Å². The fourth-order valence-corrected chi connectivity index (χ4v) is 2.90. The standard InChI is InChI=1S/C13H11Cl2NO2S/c1-2-18-13(17)11-7-16-12(19-11)6-8-9(14)4-3-5-10(8)15/h3-5,7H,2,6H2,1H3. The minimum absolute atomic E-state index is 0.350. The average molecular weight is 316 g/mol. The first-order chi connectivity index (χ1) is 9.11. The number of halogens is 2. The third-order valence-electron chi connectivity index (χ3n) is 2.42. The molecule has 0 aliphatic carbocycles. The van der Waals surface area contributed by atoms with Gasteiger partial charge in [0.25, 0.3) is 0 Å². The second-order valence-corrected chi connectivity index (χ2v) is 5.65. The van der Waals surface area contributed by atoms with Gasteiger partial charge in [0.1, 0.15) is 4.88 Å². The predicted molar refractivity (Wildman–Crippen MR) is 77.3 cm³/mol. The van der Waals surface area contributed by atoms with Crippen LogP contribution in [0.3, 0.4) is 0 Å². The second-order valence-electron chi connectivity index (χ2n) is 3.72. The van der Waals surface area contributed by atoms with E-state index < -0.39 is 0 Å². The Kier molecular flexibility index (Phi) is 4.80. The molecule has 0 atom stereocenters. The number of nitrogens with zero attached hydrogens (tertiary/aromatic N) is 1. The maximum Gasteiger partial charge on any atom is 0.349 e. The summed E-state index contributed by atoms with van der Waals surface area (Å²) < 4.78 is 4.92. The molecule has 0 unspecified atom stereocenters. The van der Waals surface area contributed by atoms with Crippen LogP contribution in [0.1, 0.15) is 27.2 Å². The van der Waals surface area contributed by atoms with E-state index in [1.807, 2.05) is 0 Å². The number of esters is 1. The van der Waals surface area contributed by atoms with Gasteiger partial charge in [-0.1, -0.05) is 29.3 Å². The lowest BCUT2D eigenvalue weighted by Gasteiger charge is -2.04. The molecule has 0 amide bonds. The van der Waals surface area contributed by atoms with Crippen molar-refractivity contribution in [3.05, 3.63) is 49.9 Å². The van der Waals surface area contributed by atoms with Crippen molar-refractivity contribution in [1.82, 2.24) is 4.98 Å². The Bertz CT molecular complexity index is 578. The van der Waals surface area contributed by atoms with Crippen molar-refractivity contribution in [2.45, 2.75) is 13.3 Å². The molecule has 0 fully saturated rings. The highest BCUT2D eigenvalue weighted by Gasteiger charge is 2.13. The average Bonchev–Trinajstić information content (AvgIpc) is 2.83. The summed E-state index contributed by atoms with van der Waals surface area (Å²) in [6.45, 7) is 2.12. The highest BCUT2D eigenvalue weighted by molar-refractivity contribution is 7.13. The molecular formula is C13H11Cl2NO2S. The van der Waals surface area contributed by atoms with Gasteiger partial charge in [-0.15, -0.1) is 11.3 Å². The Balaban J connectivity index is 2.18. The van der Waals surface area contributed by atoms with Gasteiger partial charge in [0.2, 0.25) is 0 Å². The summed E-state index contributed by atoms with van der Waals surface area (Å²) in [7, 11) is 0. The molecule has 0 saturated carbocycles. The third-order valence-corrected chi connectivity index (χ3v) is 4.11. The van der Waals surface area contributed by atoms with Gasteiger partial charge in [0, 0.05) is 16.5 Å². The van der Waals surface area contributed by atoms with E-state index in [9.17, 15) is 4.79 Å². The van der Waals surface area contributed by atoms with Crippen LogP contribution in [-0.4, -0.2) is 17.6 Å². The second kappa shape index (κ2) is 6.37. The molecule has 0 aliphatic rings. The van der Waals surface area contributed by atoms with Crippen molar-refractivity contribution in [1.29, 1.82) is 0 Å².